The molecule has 0 spiro atoms. The fourth-order valence-electron chi connectivity index (χ4n) is 4.23. The molecule has 32 heavy (non-hydrogen) atoms. The average molecular weight is 437 g/mol. The highest BCUT2D eigenvalue weighted by molar-refractivity contribution is 5.88. The normalized spacial score (nSPS) is 15.3. The van der Waals surface area contributed by atoms with Crippen molar-refractivity contribution < 1.29 is 4.74 Å². The minimum Gasteiger partial charge on any atom is -0.472 e. The number of aromatic nitrogens is 4. The zero-order chi connectivity index (χ0) is 22.7. The molecule has 1 saturated carbocycles. The third-order valence-electron chi connectivity index (χ3n) is 6.38. The Kier molecular flexibility index (Phi) is 6.65. The van der Waals surface area contributed by atoms with E-state index in [9.17, 15) is 0 Å². The van der Waals surface area contributed by atoms with Gasteiger partial charge in [-0.25, -0.2) is 4.98 Å². The SMILES string of the molecule is CCCCc1nc2c(N)nnc(OC(C)C)c2n1Cc1ccc(CNC2(C)CCC2)cc1. The van der Waals surface area contributed by atoms with Gasteiger partial charge < -0.3 is 20.4 Å². The van der Waals surface area contributed by atoms with Crippen molar-refractivity contribution in [3.8, 4) is 5.88 Å². The molecule has 7 nitrogen and oxygen atoms in total. The summed E-state index contributed by atoms with van der Waals surface area (Å²) >= 11 is 0. The van der Waals surface area contributed by atoms with E-state index >= 15 is 0 Å². The Labute approximate surface area is 190 Å². The quantitative estimate of drug-likeness (QED) is 0.482. The molecule has 0 aliphatic heterocycles. The number of anilines is 1. The summed E-state index contributed by atoms with van der Waals surface area (Å²) in [6, 6.07) is 8.84. The van der Waals surface area contributed by atoms with Crippen LogP contribution in [0.5, 0.6) is 5.88 Å². The van der Waals surface area contributed by atoms with Crippen LogP contribution in [0.1, 0.15) is 76.8 Å². The molecular weight excluding hydrogens is 400 g/mol. The molecule has 2 aromatic heterocycles. The lowest BCUT2D eigenvalue weighted by Gasteiger charge is -2.39. The van der Waals surface area contributed by atoms with Gasteiger partial charge in [0, 0.05) is 25.0 Å². The lowest BCUT2D eigenvalue weighted by molar-refractivity contribution is 0.207. The minimum absolute atomic E-state index is 0.0112. The molecule has 0 unspecified atom stereocenters. The number of ether oxygens (including phenoxy) is 1. The first kappa shape index (κ1) is 22.5. The van der Waals surface area contributed by atoms with Crippen LogP contribution in [0.15, 0.2) is 24.3 Å². The van der Waals surface area contributed by atoms with E-state index in [1.165, 1.54) is 30.4 Å². The van der Waals surface area contributed by atoms with Crippen LogP contribution in [0.3, 0.4) is 0 Å². The van der Waals surface area contributed by atoms with Crippen molar-refractivity contribution in [1.29, 1.82) is 0 Å². The second kappa shape index (κ2) is 9.45. The van der Waals surface area contributed by atoms with E-state index < -0.39 is 0 Å². The van der Waals surface area contributed by atoms with E-state index in [0.717, 1.165) is 37.1 Å². The van der Waals surface area contributed by atoms with Gasteiger partial charge in [-0.05, 0) is 57.6 Å². The second-order valence-electron chi connectivity index (χ2n) is 9.56. The van der Waals surface area contributed by atoms with Gasteiger partial charge in [0.2, 0.25) is 0 Å². The van der Waals surface area contributed by atoms with Gasteiger partial charge in [-0.1, -0.05) is 37.6 Å². The number of nitrogens with zero attached hydrogens (tertiary/aromatic N) is 4. The van der Waals surface area contributed by atoms with E-state index in [2.05, 4.69) is 58.2 Å². The van der Waals surface area contributed by atoms with Gasteiger partial charge in [0.25, 0.3) is 5.88 Å². The van der Waals surface area contributed by atoms with Crippen molar-refractivity contribution in [3.63, 3.8) is 0 Å². The number of hydrogen-bond acceptors (Lipinski definition) is 6. The number of unbranched alkanes of at least 4 members (excludes halogenated alkanes) is 1. The van der Waals surface area contributed by atoms with Crippen LogP contribution in [-0.2, 0) is 19.5 Å². The molecule has 0 atom stereocenters. The van der Waals surface area contributed by atoms with Crippen LogP contribution < -0.4 is 15.8 Å². The summed E-state index contributed by atoms with van der Waals surface area (Å²) in [4.78, 5) is 4.85. The number of aryl methyl sites for hydroxylation is 1. The summed E-state index contributed by atoms with van der Waals surface area (Å²) in [6.07, 6.45) is 6.91. The van der Waals surface area contributed by atoms with Crippen LogP contribution in [0.2, 0.25) is 0 Å². The molecule has 3 N–H and O–H groups in total. The molecule has 3 aromatic rings. The Morgan fingerprint density at radius 2 is 1.88 bits per heavy atom. The third-order valence-corrected chi connectivity index (χ3v) is 6.38. The number of nitrogens with two attached hydrogens (primary N) is 1. The fraction of sp³-hybridized carbons (Fsp3) is 0.560. The predicted molar refractivity (Wildman–Crippen MR) is 129 cm³/mol. The van der Waals surface area contributed by atoms with Crippen LogP contribution in [0, 0.1) is 0 Å². The first-order valence-electron chi connectivity index (χ1n) is 11.9. The Balaban J connectivity index is 1.62. The maximum Gasteiger partial charge on any atom is 0.260 e. The van der Waals surface area contributed by atoms with Crippen LogP contribution in [-0.4, -0.2) is 31.4 Å². The van der Waals surface area contributed by atoms with Gasteiger partial charge in [0.15, 0.2) is 5.82 Å². The first-order chi connectivity index (χ1) is 15.4. The number of hydrogen-bond donors (Lipinski definition) is 2. The van der Waals surface area contributed by atoms with Crippen LogP contribution in [0.25, 0.3) is 11.0 Å². The summed E-state index contributed by atoms with van der Waals surface area (Å²) in [5, 5.41) is 12.0. The van der Waals surface area contributed by atoms with E-state index in [0.29, 0.717) is 29.3 Å². The van der Waals surface area contributed by atoms with E-state index in [4.69, 9.17) is 15.5 Å². The number of benzene rings is 1. The number of fused-ring (bicyclic) bond motifs is 1. The van der Waals surface area contributed by atoms with Crippen molar-refractivity contribution in [2.45, 2.75) is 91.0 Å². The predicted octanol–water partition coefficient (Wildman–Crippen LogP) is 4.62. The van der Waals surface area contributed by atoms with Gasteiger partial charge in [0.05, 0.1) is 6.10 Å². The lowest BCUT2D eigenvalue weighted by Crippen LogP contribution is -2.47. The molecule has 0 amide bonds. The molecule has 2 heterocycles. The van der Waals surface area contributed by atoms with E-state index in [1.807, 2.05) is 13.8 Å². The molecule has 7 heteroatoms. The minimum atomic E-state index is -0.0112. The van der Waals surface area contributed by atoms with Crippen molar-refractivity contribution >= 4 is 16.9 Å². The third kappa shape index (κ3) is 4.88. The zero-order valence-electron chi connectivity index (χ0n) is 19.8. The molecule has 1 aliphatic carbocycles. The average Bonchev–Trinajstić information content (AvgIpc) is 3.11. The molecule has 0 radical (unpaired) electrons. The molecule has 0 bridgehead atoms. The first-order valence-corrected chi connectivity index (χ1v) is 11.9. The molecule has 1 aliphatic rings. The van der Waals surface area contributed by atoms with Crippen molar-refractivity contribution in [2.75, 3.05) is 5.73 Å². The standard InChI is InChI=1S/C25H36N6O/c1-5-6-8-20-28-21-22(24(32-17(2)3)30-29-23(21)26)31(20)16-19-11-9-18(10-12-19)15-27-25(4)13-7-14-25/h9-12,17,27H,5-8,13-16H2,1-4H3,(H2,26,29). The maximum atomic E-state index is 6.15. The van der Waals surface area contributed by atoms with Crippen molar-refractivity contribution in [2.24, 2.45) is 0 Å². The second-order valence-corrected chi connectivity index (χ2v) is 9.56. The van der Waals surface area contributed by atoms with Gasteiger partial charge in [-0.2, -0.15) is 0 Å². The molecular formula is C25H36N6O. The fourth-order valence-corrected chi connectivity index (χ4v) is 4.23. The number of nitrogens with one attached hydrogen (secondary N) is 1. The Morgan fingerprint density at radius 1 is 1.16 bits per heavy atom. The summed E-state index contributed by atoms with van der Waals surface area (Å²) in [5.74, 6) is 1.84. The number of imidazole rings is 1. The molecule has 4 rings (SSSR count). The largest absolute Gasteiger partial charge is 0.472 e. The van der Waals surface area contributed by atoms with Gasteiger partial charge in [-0.15, -0.1) is 10.2 Å². The summed E-state index contributed by atoms with van der Waals surface area (Å²) in [7, 11) is 0. The van der Waals surface area contributed by atoms with Gasteiger partial charge in [-0.3, -0.25) is 0 Å². The molecule has 1 aromatic carbocycles. The van der Waals surface area contributed by atoms with Crippen LogP contribution >= 0.6 is 0 Å². The number of rotatable bonds is 10. The summed E-state index contributed by atoms with van der Waals surface area (Å²) < 4.78 is 8.18. The van der Waals surface area contributed by atoms with E-state index in [-0.39, 0.29) is 6.10 Å². The van der Waals surface area contributed by atoms with Gasteiger partial charge >= 0.3 is 0 Å². The summed E-state index contributed by atoms with van der Waals surface area (Å²) in [5.41, 5.74) is 10.5. The monoisotopic (exact) mass is 436 g/mol. The summed E-state index contributed by atoms with van der Waals surface area (Å²) in [6.45, 7) is 10.1. The van der Waals surface area contributed by atoms with E-state index in [1.54, 1.807) is 0 Å². The Morgan fingerprint density at radius 3 is 2.50 bits per heavy atom. The Hall–Kier alpha value is -2.67. The van der Waals surface area contributed by atoms with Crippen molar-refractivity contribution in [1.82, 2.24) is 25.1 Å². The zero-order valence-corrected chi connectivity index (χ0v) is 19.8. The lowest BCUT2D eigenvalue weighted by atomic mass is 9.78. The maximum absolute atomic E-state index is 6.15. The topological polar surface area (TPSA) is 90.9 Å². The number of nitrogen functional groups attached to an aromatic ring is 1. The van der Waals surface area contributed by atoms with Gasteiger partial charge in [0.1, 0.15) is 16.9 Å². The highest BCUT2D eigenvalue weighted by atomic mass is 16.5. The smallest absolute Gasteiger partial charge is 0.260 e. The highest BCUT2D eigenvalue weighted by Gasteiger charge is 2.30. The highest BCUT2D eigenvalue weighted by Crippen LogP contribution is 2.31. The van der Waals surface area contributed by atoms with Crippen LogP contribution in [0.4, 0.5) is 5.82 Å². The molecule has 0 saturated heterocycles. The molecule has 172 valence electrons. The Bertz CT molecular complexity index is 1050. The molecule has 1 fully saturated rings. The van der Waals surface area contributed by atoms with Crippen molar-refractivity contribution in [3.05, 3.63) is 41.2 Å².